The zero-order chi connectivity index (χ0) is 14.6. The highest BCUT2D eigenvalue weighted by molar-refractivity contribution is 5.93. The van der Waals surface area contributed by atoms with Crippen molar-refractivity contribution in [2.45, 2.75) is 26.4 Å². The van der Waals surface area contributed by atoms with Gasteiger partial charge in [-0.25, -0.2) is 19.6 Å². The van der Waals surface area contributed by atoms with Crippen LogP contribution in [0.4, 0.5) is 10.6 Å². The van der Waals surface area contributed by atoms with Crippen molar-refractivity contribution in [2.24, 2.45) is 0 Å². The molecular weight excluding hydrogens is 254 g/mol. The highest BCUT2D eigenvalue weighted by atomic mass is 16.6. The fourth-order valence-electron chi connectivity index (χ4n) is 1.21. The predicted molar refractivity (Wildman–Crippen MR) is 65.4 cm³/mol. The van der Waals surface area contributed by atoms with Gasteiger partial charge >= 0.3 is 12.1 Å². The van der Waals surface area contributed by atoms with Gasteiger partial charge in [0.25, 0.3) is 0 Å². The van der Waals surface area contributed by atoms with E-state index in [0.29, 0.717) is 0 Å². The Morgan fingerprint density at radius 1 is 1.32 bits per heavy atom. The Morgan fingerprint density at radius 2 is 1.95 bits per heavy atom. The molecule has 0 atom stereocenters. The van der Waals surface area contributed by atoms with Crippen molar-refractivity contribution in [1.82, 2.24) is 9.97 Å². The molecule has 1 heterocycles. The van der Waals surface area contributed by atoms with E-state index in [1.54, 1.807) is 20.8 Å². The van der Waals surface area contributed by atoms with Gasteiger partial charge in [-0.05, 0) is 20.8 Å². The molecule has 0 aromatic carbocycles. The van der Waals surface area contributed by atoms with Gasteiger partial charge in [0, 0.05) is 0 Å². The second-order valence-electron chi connectivity index (χ2n) is 4.54. The van der Waals surface area contributed by atoms with E-state index in [0.717, 1.165) is 6.33 Å². The molecule has 0 radical (unpaired) electrons. The number of hydrogen-bond donors (Lipinski definition) is 2. The van der Waals surface area contributed by atoms with Gasteiger partial charge in [0.05, 0.1) is 7.11 Å². The number of carboxylic acid groups (broad SMARTS) is 1. The summed E-state index contributed by atoms with van der Waals surface area (Å²) in [5, 5.41) is 11.2. The van der Waals surface area contributed by atoms with E-state index in [2.05, 4.69) is 15.3 Å². The number of nitrogens with one attached hydrogen (secondary N) is 1. The third kappa shape index (κ3) is 4.09. The smallest absolute Gasteiger partial charge is 0.413 e. The summed E-state index contributed by atoms with van der Waals surface area (Å²) in [6.45, 7) is 5.10. The highest BCUT2D eigenvalue weighted by Crippen LogP contribution is 2.25. The number of methoxy groups -OCH3 is 1. The number of ether oxygens (including phenoxy) is 2. The van der Waals surface area contributed by atoms with E-state index in [1.165, 1.54) is 7.11 Å². The first-order valence-corrected chi connectivity index (χ1v) is 5.37. The standard InChI is InChI=1S/C11H15N3O5/c1-11(2,3)19-10(17)14-8-7(18-4)6(9(15)16)12-5-13-8/h5H,1-4H3,(H,15,16)(H,12,13,14,17). The fourth-order valence-corrected chi connectivity index (χ4v) is 1.21. The maximum Gasteiger partial charge on any atom is 0.413 e. The SMILES string of the molecule is COc1c(NC(=O)OC(C)(C)C)ncnc1C(=O)O. The summed E-state index contributed by atoms with van der Waals surface area (Å²) in [5.41, 5.74) is -1.02. The Labute approximate surface area is 109 Å². The summed E-state index contributed by atoms with van der Waals surface area (Å²) in [6, 6.07) is 0. The first-order chi connectivity index (χ1) is 8.74. The zero-order valence-corrected chi connectivity index (χ0v) is 11.1. The van der Waals surface area contributed by atoms with Crippen LogP contribution < -0.4 is 10.1 Å². The first kappa shape index (κ1) is 14.7. The third-order valence-electron chi connectivity index (χ3n) is 1.83. The van der Waals surface area contributed by atoms with Crippen molar-refractivity contribution in [3.63, 3.8) is 0 Å². The van der Waals surface area contributed by atoms with E-state index in [4.69, 9.17) is 14.6 Å². The predicted octanol–water partition coefficient (Wildman–Crippen LogP) is 1.53. The summed E-state index contributed by atoms with van der Waals surface area (Å²) < 4.78 is 9.92. The lowest BCUT2D eigenvalue weighted by atomic mass is 10.2. The number of rotatable bonds is 3. The van der Waals surface area contributed by atoms with Gasteiger partial charge < -0.3 is 14.6 Å². The van der Waals surface area contributed by atoms with Gasteiger partial charge in [-0.3, -0.25) is 5.32 Å². The van der Waals surface area contributed by atoms with Gasteiger partial charge in [-0.1, -0.05) is 0 Å². The Kier molecular flexibility index (Phi) is 4.26. The van der Waals surface area contributed by atoms with Gasteiger partial charge in [0.15, 0.2) is 17.3 Å². The molecule has 0 bridgehead atoms. The van der Waals surface area contributed by atoms with Crippen molar-refractivity contribution in [3.8, 4) is 5.75 Å². The topological polar surface area (TPSA) is 111 Å². The number of anilines is 1. The summed E-state index contributed by atoms with van der Waals surface area (Å²) >= 11 is 0. The number of nitrogens with zero attached hydrogens (tertiary/aromatic N) is 2. The number of aromatic carboxylic acids is 1. The van der Waals surface area contributed by atoms with Crippen LogP contribution in [-0.4, -0.2) is 39.8 Å². The van der Waals surface area contributed by atoms with E-state index in [-0.39, 0.29) is 17.3 Å². The maximum absolute atomic E-state index is 11.6. The second-order valence-corrected chi connectivity index (χ2v) is 4.54. The van der Waals surface area contributed by atoms with Crippen LogP contribution in [0.15, 0.2) is 6.33 Å². The summed E-state index contributed by atoms with van der Waals surface area (Å²) in [6.07, 6.45) is 0.249. The van der Waals surface area contributed by atoms with Crippen LogP contribution in [0.1, 0.15) is 31.3 Å². The van der Waals surface area contributed by atoms with E-state index in [1.807, 2.05) is 0 Å². The molecule has 0 aliphatic rings. The summed E-state index contributed by atoms with van der Waals surface area (Å²) in [5.74, 6) is -1.49. The first-order valence-electron chi connectivity index (χ1n) is 5.37. The molecule has 1 amide bonds. The van der Waals surface area contributed by atoms with Crippen LogP contribution in [0, 0.1) is 0 Å². The number of amides is 1. The van der Waals surface area contributed by atoms with Crippen LogP contribution in [0.25, 0.3) is 0 Å². The number of carbonyl (C=O) groups is 2. The Hall–Kier alpha value is -2.38. The molecule has 0 saturated carbocycles. The molecule has 2 N–H and O–H groups in total. The van der Waals surface area contributed by atoms with Crippen molar-refractivity contribution in [2.75, 3.05) is 12.4 Å². The molecule has 19 heavy (non-hydrogen) atoms. The number of carboxylic acids is 1. The minimum Gasteiger partial charge on any atom is -0.491 e. The van der Waals surface area contributed by atoms with E-state index >= 15 is 0 Å². The van der Waals surface area contributed by atoms with E-state index < -0.39 is 17.7 Å². The number of carbonyl (C=O) groups excluding carboxylic acids is 1. The Balaban J connectivity index is 2.99. The lowest BCUT2D eigenvalue weighted by molar-refractivity contribution is 0.0630. The van der Waals surface area contributed by atoms with Gasteiger partial charge in [-0.15, -0.1) is 0 Å². The normalized spacial score (nSPS) is 10.7. The molecule has 104 valence electrons. The van der Waals surface area contributed by atoms with Crippen molar-refractivity contribution in [1.29, 1.82) is 0 Å². The van der Waals surface area contributed by atoms with Crippen LogP contribution in [-0.2, 0) is 4.74 Å². The molecule has 0 unspecified atom stereocenters. The lowest BCUT2D eigenvalue weighted by Gasteiger charge is -2.20. The average molecular weight is 269 g/mol. The highest BCUT2D eigenvalue weighted by Gasteiger charge is 2.22. The molecular formula is C11H15N3O5. The molecule has 0 saturated heterocycles. The lowest BCUT2D eigenvalue weighted by Crippen LogP contribution is -2.27. The van der Waals surface area contributed by atoms with Crippen LogP contribution in [0.2, 0.25) is 0 Å². The summed E-state index contributed by atoms with van der Waals surface area (Å²) in [4.78, 5) is 29.8. The molecule has 0 fully saturated rings. The minimum atomic E-state index is -1.29. The second kappa shape index (κ2) is 5.51. The van der Waals surface area contributed by atoms with Gasteiger partial charge in [0.1, 0.15) is 11.9 Å². The monoisotopic (exact) mass is 269 g/mol. The zero-order valence-electron chi connectivity index (χ0n) is 11.1. The van der Waals surface area contributed by atoms with Crippen molar-refractivity contribution in [3.05, 3.63) is 12.0 Å². The third-order valence-corrected chi connectivity index (χ3v) is 1.83. The maximum atomic E-state index is 11.6. The van der Waals surface area contributed by atoms with E-state index in [9.17, 15) is 9.59 Å². The average Bonchev–Trinajstić information content (AvgIpc) is 2.25. The van der Waals surface area contributed by atoms with Crippen LogP contribution in [0.5, 0.6) is 5.75 Å². The van der Waals surface area contributed by atoms with Crippen LogP contribution >= 0.6 is 0 Å². The minimum absolute atomic E-state index is 0.0656. The van der Waals surface area contributed by atoms with Crippen molar-refractivity contribution < 1.29 is 24.2 Å². The molecule has 1 rings (SSSR count). The number of hydrogen-bond acceptors (Lipinski definition) is 6. The molecule has 8 nitrogen and oxygen atoms in total. The quantitative estimate of drug-likeness (QED) is 0.855. The molecule has 1 aromatic heterocycles. The Bertz CT molecular complexity index is 496. The van der Waals surface area contributed by atoms with Gasteiger partial charge in [0.2, 0.25) is 0 Å². The Morgan fingerprint density at radius 3 is 2.42 bits per heavy atom. The van der Waals surface area contributed by atoms with Crippen LogP contribution in [0.3, 0.4) is 0 Å². The molecule has 8 heteroatoms. The molecule has 0 aliphatic carbocycles. The van der Waals surface area contributed by atoms with Crippen molar-refractivity contribution >= 4 is 17.9 Å². The molecule has 0 aliphatic heterocycles. The molecule has 1 aromatic rings. The largest absolute Gasteiger partial charge is 0.491 e. The molecule has 0 spiro atoms. The summed E-state index contributed by atoms with van der Waals surface area (Å²) in [7, 11) is 1.26. The fraction of sp³-hybridized carbons (Fsp3) is 0.455. The number of aromatic nitrogens is 2. The van der Waals surface area contributed by atoms with Gasteiger partial charge in [-0.2, -0.15) is 0 Å².